The Kier molecular flexibility index (Phi) is 3.48. The van der Waals surface area contributed by atoms with Crippen molar-refractivity contribution in [2.24, 2.45) is 5.73 Å². The van der Waals surface area contributed by atoms with E-state index in [0.717, 1.165) is 5.56 Å². The largest absolute Gasteiger partial charge is 0.480 e. The van der Waals surface area contributed by atoms with E-state index in [1.54, 1.807) is 42.6 Å². The standard InChI is InChI=1S/C15H14N4O3/c16-11(14(20)21)8-9-3-5-10(6-4-9)19-13-12(18-15(19)22)2-1-7-17-13/h1-7,11H,8,16H2,(H,18,22)(H,20,21). The lowest BCUT2D eigenvalue weighted by atomic mass is 10.1. The molecule has 0 bridgehead atoms. The normalized spacial score (nSPS) is 12.4. The maximum Gasteiger partial charge on any atom is 0.332 e. The van der Waals surface area contributed by atoms with Gasteiger partial charge < -0.3 is 15.8 Å². The van der Waals surface area contributed by atoms with E-state index >= 15 is 0 Å². The average Bonchev–Trinajstić information content (AvgIpc) is 2.84. The van der Waals surface area contributed by atoms with Crippen molar-refractivity contribution in [3.05, 3.63) is 58.6 Å². The number of nitrogens with one attached hydrogen (secondary N) is 1. The number of hydrogen-bond donors (Lipinski definition) is 3. The molecule has 0 amide bonds. The van der Waals surface area contributed by atoms with Crippen LogP contribution in [0.4, 0.5) is 0 Å². The number of carboxylic acids is 1. The van der Waals surface area contributed by atoms with Crippen LogP contribution in [-0.4, -0.2) is 31.7 Å². The molecule has 0 aliphatic rings. The Morgan fingerprint density at radius 1 is 1.32 bits per heavy atom. The molecule has 3 aromatic rings. The zero-order chi connectivity index (χ0) is 15.7. The van der Waals surface area contributed by atoms with E-state index < -0.39 is 12.0 Å². The molecule has 1 aromatic carbocycles. The highest BCUT2D eigenvalue weighted by molar-refractivity contribution is 5.74. The molecule has 3 rings (SSSR count). The van der Waals surface area contributed by atoms with Crippen molar-refractivity contribution in [2.45, 2.75) is 12.5 Å². The summed E-state index contributed by atoms with van der Waals surface area (Å²) in [7, 11) is 0. The maximum absolute atomic E-state index is 12.1. The first-order valence-corrected chi connectivity index (χ1v) is 6.70. The zero-order valence-electron chi connectivity index (χ0n) is 11.6. The Balaban J connectivity index is 1.97. The van der Waals surface area contributed by atoms with E-state index in [-0.39, 0.29) is 12.1 Å². The van der Waals surface area contributed by atoms with Gasteiger partial charge in [-0.1, -0.05) is 12.1 Å². The highest BCUT2D eigenvalue weighted by atomic mass is 16.4. The molecule has 2 heterocycles. The number of carboxylic acid groups (broad SMARTS) is 1. The number of benzene rings is 1. The van der Waals surface area contributed by atoms with E-state index in [2.05, 4.69) is 9.97 Å². The smallest absolute Gasteiger partial charge is 0.332 e. The molecule has 4 N–H and O–H groups in total. The monoisotopic (exact) mass is 298 g/mol. The molecule has 0 radical (unpaired) electrons. The summed E-state index contributed by atoms with van der Waals surface area (Å²) in [5.74, 6) is -1.04. The van der Waals surface area contributed by atoms with Crippen molar-refractivity contribution >= 4 is 17.1 Å². The van der Waals surface area contributed by atoms with Gasteiger partial charge in [0.05, 0.1) is 11.2 Å². The van der Waals surface area contributed by atoms with E-state index in [1.807, 2.05) is 0 Å². The first-order valence-electron chi connectivity index (χ1n) is 6.70. The number of fused-ring (bicyclic) bond motifs is 1. The summed E-state index contributed by atoms with van der Waals surface area (Å²) in [6.07, 6.45) is 1.85. The number of nitrogens with zero attached hydrogens (tertiary/aromatic N) is 2. The number of carbonyl (C=O) groups is 1. The van der Waals surface area contributed by atoms with Crippen LogP contribution < -0.4 is 11.4 Å². The molecule has 0 fully saturated rings. The van der Waals surface area contributed by atoms with Crippen LogP contribution in [0.25, 0.3) is 16.9 Å². The second kappa shape index (κ2) is 5.45. The Labute approximate surface area is 125 Å². The van der Waals surface area contributed by atoms with E-state index in [9.17, 15) is 9.59 Å². The second-order valence-electron chi connectivity index (χ2n) is 4.96. The predicted molar refractivity (Wildman–Crippen MR) is 81.0 cm³/mol. The number of imidazole rings is 1. The van der Waals surface area contributed by atoms with Crippen molar-refractivity contribution < 1.29 is 9.90 Å². The van der Waals surface area contributed by atoms with E-state index in [4.69, 9.17) is 10.8 Å². The predicted octanol–water partition coefficient (Wildman–Crippen LogP) is 0.668. The quantitative estimate of drug-likeness (QED) is 0.655. The molecule has 112 valence electrons. The molecule has 0 saturated carbocycles. The number of aromatic nitrogens is 3. The Morgan fingerprint density at radius 2 is 2.05 bits per heavy atom. The first kappa shape index (κ1) is 14.0. The second-order valence-corrected chi connectivity index (χ2v) is 4.96. The van der Waals surface area contributed by atoms with Crippen LogP contribution >= 0.6 is 0 Å². The van der Waals surface area contributed by atoms with Crippen LogP contribution in [0.15, 0.2) is 47.4 Å². The summed E-state index contributed by atoms with van der Waals surface area (Å²) in [5.41, 5.74) is 7.88. The summed E-state index contributed by atoms with van der Waals surface area (Å²) in [5, 5.41) is 8.82. The van der Waals surface area contributed by atoms with Gasteiger partial charge in [0, 0.05) is 6.20 Å². The molecular formula is C15H14N4O3. The fourth-order valence-electron chi connectivity index (χ4n) is 2.30. The fourth-order valence-corrected chi connectivity index (χ4v) is 2.30. The Morgan fingerprint density at radius 3 is 2.73 bits per heavy atom. The first-order chi connectivity index (χ1) is 10.6. The van der Waals surface area contributed by atoms with Gasteiger partial charge in [-0.15, -0.1) is 0 Å². The highest BCUT2D eigenvalue weighted by Crippen LogP contribution is 2.14. The third-order valence-corrected chi connectivity index (χ3v) is 3.41. The molecule has 1 unspecified atom stereocenters. The van der Waals surface area contributed by atoms with Crippen LogP contribution in [0, 0.1) is 0 Å². The van der Waals surface area contributed by atoms with Crippen molar-refractivity contribution in [1.82, 2.24) is 14.5 Å². The summed E-state index contributed by atoms with van der Waals surface area (Å²) in [6, 6.07) is 9.59. The van der Waals surface area contributed by atoms with Crippen LogP contribution in [-0.2, 0) is 11.2 Å². The van der Waals surface area contributed by atoms with Crippen LogP contribution in [0.2, 0.25) is 0 Å². The molecule has 7 heteroatoms. The molecule has 2 aromatic heterocycles. The highest BCUT2D eigenvalue weighted by Gasteiger charge is 2.13. The van der Waals surface area contributed by atoms with Gasteiger partial charge in [-0.2, -0.15) is 0 Å². The van der Waals surface area contributed by atoms with Crippen LogP contribution in [0.3, 0.4) is 0 Å². The van der Waals surface area contributed by atoms with Crippen molar-refractivity contribution in [3.8, 4) is 5.69 Å². The minimum absolute atomic E-state index is 0.233. The summed E-state index contributed by atoms with van der Waals surface area (Å²) < 4.78 is 1.47. The minimum Gasteiger partial charge on any atom is -0.480 e. The lowest BCUT2D eigenvalue weighted by Gasteiger charge is -2.08. The minimum atomic E-state index is -1.04. The maximum atomic E-state index is 12.1. The van der Waals surface area contributed by atoms with Crippen molar-refractivity contribution in [3.63, 3.8) is 0 Å². The SMILES string of the molecule is NC(Cc1ccc(-n2c(=O)[nH]c3cccnc32)cc1)C(=O)O. The number of H-pyrrole nitrogens is 1. The van der Waals surface area contributed by atoms with E-state index in [1.165, 1.54) is 4.57 Å². The van der Waals surface area contributed by atoms with Crippen molar-refractivity contribution in [2.75, 3.05) is 0 Å². The number of hydrogen-bond acceptors (Lipinski definition) is 4. The number of rotatable bonds is 4. The number of aliphatic carboxylic acids is 1. The average molecular weight is 298 g/mol. The van der Waals surface area contributed by atoms with Gasteiger partial charge >= 0.3 is 11.7 Å². The lowest BCUT2D eigenvalue weighted by Crippen LogP contribution is -2.32. The van der Waals surface area contributed by atoms with Crippen molar-refractivity contribution in [1.29, 1.82) is 0 Å². The summed E-state index contributed by atoms with van der Waals surface area (Å²) >= 11 is 0. The third-order valence-electron chi connectivity index (χ3n) is 3.41. The molecule has 7 nitrogen and oxygen atoms in total. The number of pyridine rings is 1. The van der Waals surface area contributed by atoms with Gasteiger partial charge in [-0.05, 0) is 36.2 Å². The molecule has 1 atom stereocenters. The fraction of sp³-hybridized carbons (Fsp3) is 0.133. The molecular weight excluding hydrogens is 284 g/mol. The topological polar surface area (TPSA) is 114 Å². The van der Waals surface area contributed by atoms with Gasteiger partial charge in [0.15, 0.2) is 5.65 Å². The van der Waals surface area contributed by atoms with E-state index in [0.29, 0.717) is 16.9 Å². The van der Waals surface area contributed by atoms with Gasteiger partial charge in [0.1, 0.15) is 6.04 Å². The Bertz CT molecular complexity index is 880. The molecule has 0 saturated heterocycles. The molecule has 22 heavy (non-hydrogen) atoms. The van der Waals surface area contributed by atoms with Gasteiger partial charge in [-0.3, -0.25) is 4.79 Å². The Hall–Kier alpha value is -2.93. The van der Waals surface area contributed by atoms with Gasteiger partial charge in [0.25, 0.3) is 0 Å². The van der Waals surface area contributed by atoms with Gasteiger partial charge in [-0.25, -0.2) is 14.3 Å². The number of aromatic amines is 1. The summed E-state index contributed by atoms with van der Waals surface area (Å²) in [6.45, 7) is 0. The lowest BCUT2D eigenvalue weighted by molar-refractivity contribution is -0.138. The van der Waals surface area contributed by atoms with Gasteiger partial charge in [0.2, 0.25) is 0 Å². The molecule has 0 aliphatic carbocycles. The molecule has 0 aliphatic heterocycles. The van der Waals surface area contributed by atoms with Crippen LogP contribution in [0.5, 0.6) is 0 Å². The van der Waals surface area contributed by atoms with Crippen LogP contribution in [0.1, 0.15) is 5.56 Å². The number of nitrogens with two attached hydrogens (primary N) is 1. The molecule has 0 spiro atoms. The third kappa shape index (κ3) is 2.49. The summed E-state index contributed by atoms with van der Waals surface area (Å²) in [4.78, 5) is 29.8. The zero-order valence-corrected chi connectivity index (χ0v) is 11.6.